The Bertz CT molecular complexity index is 1920. The second kappa shape index (κ2) is 17.1. The van der Waals surface area contributed by atoms with Gasteiger partial charge in [0.1, 0.15) is 23.4 Å². The van der Waals surface area contributed by atoms with E-state index < -0.39 is 0 Å². The minimum atomic E-state index is -0.378. The maximum atomic E-state index is 13.6. The SMILES string of the molecule is CC(C)(C)C(=N)CC(=Nc1cnn(CCCOC2CCCCO2)c1)NC(=O)NC1CCC(Oc2ccc3nnc(N4CCCCC4)n3c2)c2ccccc21. The molecular weight excluding hydrogens is 685 g/mol. The van der Waals surface area contributed by atoms with Crippen LogP contribution in [0.4, 0.5) is 16.4 Å². The van der Waals surface area contributed by atoms with Crippen molar-refractivity contribution in [1.82, 2.24) is 35.0 Å². The number of amides is 2. The highest BCUT2D eigenvalue weighted by Gasteiger charge is 2.30. The average Bonchev–Trinajstić information content (AvgIpc) is 3.81. The molecule has 4 aromatic rings. The Morgan fingerprint density at radius 2 is 1.83 bits per heavy atom. The number of benzene rings is 1. The van der Waals surface area contributed by atoms with Gasteiger partial charge in [-0.25, -0.2) is 9.79 Å². The van der Waals surface area contributed by atoms with E-state index in [4.69, 9.17) is 24.6 Å². The number of amidine groups is 1. The molecule has 0 saturated carbocycles. The summed E-state index contributed by atoms with van der Waals surface area (Å²) in [4.78, 5) is 20.7. The Morgan fingerprint density at radius 1 is 1.00 bits per heavy atom. The maximum absolute atomic E-state index is 13.6. The summed E-state index contributed by atoms with van der Waals surface area (Å²) >= 11 is 0. The third-order valence-corrected chi connectivity index (χ3v) is 10.4. The number of hydrogen-bond acceptors (Lipinski definition) is 10. The maximum Gasteiger partial charge on any atom is 0.320 e. The van der Waals surface area contributed by atoms with Crippen LogP contribution in [0, 0.1) is 10.8 Å². The number of rotatable bonds is 12. The molecule has 3 unspecified atom stereocenters. The van der Waals surface area contributed by atoms with Crippen LogP contribution in [0.5, 0.6) is 5.75 Å². The Balaban J connectivity index is 0.997. The first-order valence-electron chi connectivity index (χ1n) is 19.5. The second-order valence-corrected chi connectivity index (χ2v) is 15.6. The Morgan fingerprint density at radius 3 is 2.63 bits per heavy atom. The Hall–Kier alpha value is -4.82. The minimum absolute atomic E-state index is 0.106. The van der Waals surface area contributed by atoms with Crippen molar-refractivity contribution in [2.75, 3.05) is 31.2 Å². The predicted octanol–water partition coefficient (Wildman–Crippen LogP) is 7.29. The molecular formula is C40H54N10O4. The molecule has 1 aromatic carbocycles. The van der Waals surface area contributed by atoms with Gasteiger partial charge in [0.05, 0.1) is 31.2 Å². The van der Waals surface area contributed by atoms with Gasteiger partial charge in [0.25, 0.3) is 0 Å². The molecule has 14 nitrogen and oxygen atoms in total. The zero-order chi connectivity index (χ0) is 37.5. The number of nitrogens with zero attached hydrogens (tertiary/aromatic N) is 7. The van der Waals surface area contributed by atoms with E-state index in [2.05, 4.69) is 43.0 Å². The van der Waals surface area contributed by atoms with Crippen LogP contribution >= 0.6 is 0 Å². The molecule has 0 radical (unpaired) electrons. The predicted molar refractivity (Wildman–Crippen MR) is 208 cm³/mol. The molecule has 3 atom stereocenters. The molecule has 2 saturated heterocycles. The molecule has 288 valence electrons. The number of piperidine rings is 1. The number of aromatic nitrogens is 5. The van der Waals surface area contributed by atoms with E-state index in [1.165, 1.54) is 6.42 Å². The van der Waals surface area contributed by atoms with Crippen LogP contribution in [0.3, 0.4) is 0 Å². The normalized spacial score (nSPS) is 20.8. The third kappa shape index (κ3) is 9.45. The number of nitrogens with one attached hydrogen (secondary N) is 3. The standard InChI is InChI=1S/C40H54N10O4/c1-40(2,3)34(41)24-35(43-28-25-42-49(26-28)21-11-23-53-37-14-7-10-22-52-37)45-38(51)44-32-16-17-33(31-13-6-5-12-30(31)32)54-29-15-18-36-46-47-39(50(36)27-29)48-19-8-4-9-20-48/h5-6,12-13,15,18,25-27,32-33,37,41H,4,7-11,14,16-17,19-24H2,1-3H3,(H2,43,44,45,51). The fourth-order valence-electron chi connectivity index (χ4n) is 7.27. The average molecular weight is 739 g/mol. The highest BCUT2D eigenvalue weighted by atomic mass is 16.7. The second-order valence-electron chi connectivity index (χ2n) is 15.6. The molecule has 5 heterocycles. The topological polar surface area (TPSA) is 156 Å². The van der Waals surface area contributed by atoms with Crippen LogP contribution < -0.4 is 20.3 Å². The molecule has 3 aromatic heterocycles. The van der Waals surface area contributed by atoms with E-state index in [1.54, 1.807) is 6.20 Å². The van der Waals surface area contributed by atoms with E-state index in [-0.39, 0.29) is 36.3 Å². The van der Waals surface area contributed by atoms with Crippen LogP contribution in [0.1, 0.15) is 108 Å². The fourth-order valence-corrected chi connectivity index (χ4v) is 7.27. The van der Waals surface area contributed by atoms with Crippen molar-refractivity contribution in [2.24, 2.45) is 10.4 Å². The van der Waals surface area contributed by atoms with Crippen molar-refractivity contribution >= 4 is 34.9 Å². The van der Waals surface area contributed by atoms with Crippen LogP contribution in [-0.4, -0.2) is 74.6 Å². The van der Waals surface area contributed by atoms with E-state index >= 15 is 0 Å². The van der Waals surface area contributed by atoms with Gasteiger partial charge in [-0.15, -0.1) is 10.2 Å². The molecule has 1 aliphatic carbocycles. The molecule has 2 fully saturated rings. The third-order valence-electron chi connectivity index (χ3n) is 10.4. The number of aryl methyl sites for hydroxylation is 1. The Kier molecular flexibility index (Phi) is 11.9. The number of aliphatic imine (C=N–C) groups is 1. The van der Waals surface area contributed by atoms with Gasteiger partial charge in [-0.1, -0.05) is 45.0 Å². The largest absolute Gasteiger partial charge is 0.484 e. The summed E-state index contributed by atoms with van der Waals surface area (Å²) in [5, 5.41) is 28.2. The van der Waals surface area contributed by atoms with Crippen molar-refractivity contribution in [3.05, 3.63) is 66.1 Å². The van der Waals surface area contributed by atoms with Crippen LogP contribution in [0.2, 0.25) is 0 Å². The molecule has 3 aliphatic rings. The lowest BCUT2D eigenvalue weighted by Crippen LogP contribution is -2.43. The smallest absolute Gasteiger partial charge is 0.320 e. The lowest BCUT2D eigenvalue weighted by Gasteiger charge is -2.32. The van der Waals surface area contributed by atoms with Crippen LogP contribution in [0.25, 0.3) is 5.65 Å². The number of ether oxygens (including phenoxy) is 3. The van der Waals surface area contributed by atoms with Crippen molar-refractivity contribution in [3.8, 4) is 5.75 Å². The van der Waals surface area contributed by atoms with E-state index in [0.29, 0.717) is 43.2 Å². The van der Waals surface area contributed by atoms with Crippen molar-refractivity contribution in [3.63, 3.8) is 0 Å². The van der Waals surface area contributed by atoms with Gasteiger partial charge in [-0.3, -0.25) is 14.4 Å². The zero-order valence-corrected chi connectivity index (χ0v) is 31.8. The number of hydrogen-bond donors (Lipinski definition) is 3. The summed E-state index contributed by atoms with van der Waals surface area (Å²) in [5.41, 5.74) is 3.55. The molecule has 0 bridgehead atoms. The Labute approximate surface area is 317 Å². The number of fused-ring (bicyclic) bond motifs is 2. The molecule has 3 N–H and O–H groups in total. The van der Waals surface area contributed by atoms with Gasteiger partial charge in [-0.05, 0) is 86.5 Å². The lowest BCUT2D eigenvalue weighted by atomic mass is 9.85. The van der Waals surface area contributed by atoms with Crippen LogP contribution in [0.15, 0.2) is 60.0 Å². The number of pyridine rings is 1. The highest BCUT2D eigenvalue weighted by Crippen LogP contribution is 2.39. The van der Waals surface area contributed by atoms with E-state index in [9.17, 15) is 4.79 Å². The minimum Gasteiger partial charge on any atom is -0.484 e. The zero-order valence-electron chi connectivity index (χ0n) is 31.8. The van der Waals surface area contributed by atoms with Gasteiger partial charge in [0.2, 0.25) is 5.95 Å². The first-order valence-corrected chi connectivity index (χ1v) is 19.5. The molecule has 7 rings (SSSR count). The number of carbonyl (C=O) groups excluding carboxylic acids is 1. The van der Waals surface area contributed by atoms with Crippen molar-refractivity contribution in [2.45, 2.75) is 110 Å². The van der Waals surface area contributed by atoms with Crippen molar-refractivity contribution < 1.29 is 19.0 Å². The van der Waals surface area contributed by atoms with Crippen LogP contribution in [-0.2, 0) is 16.0 Å². The van der Waals surface area contributed by atoms with E-state index in [1.807, 2.05) is 66.5 Å². The molecule has 14 heteroatoms. The molecule has 2 amide bonds. The van der Waals surface area contributed by atoms with Gasteiger partial charge in [0, 0.05) is 38.4 Å². The number of anilines is 1. The summed E-state index contributed by atoms with van der Waals surface area (Å²) in [7, 11) is 0. The summed E-state index contributed by atoms with van der Waals surface area (Å²) in [5.74, 6) is 2.00. The number of carbonyl (C=O) groups is 1. The van der Waals surface area contributed by atoms with Gasteiger partial charge >= 0.3 is 6.03 Å². The summed E-state index contributed by atoms with van der Waals surface area (Å²) in [6.07, 6.45) is 14.4. The van der Waals surface area contributed by atoms with Crippen molar-refractivity contribution in [1.29, 1.82) is 5.41 Å². The summed E-state index contributed by atoms with van der Waals surface area (Å²) < 4.78 is 22.0. The highest BCUT2D eigenvalue weighted by molar-refractivity contribution is 6.09. The van der Waals surface area contributed by atoms with Gasteiger partial charge in [-0.2, -0.15) is 5.10 Å². The summed E-state index contributed by atoms with van der Waals surface area (Å²) in [6, 6.07) is 11.4. The van der Waals surface area contributed by atoms with Gasteiger partial charge < -0.3 is 29.8 Å². The quantitative estimate of drug-likeness (QED) is 0.0778. The monoisotopic (exact) mass is 738 g/mol. The lowest BCUT2D eigenvalue weighted by molar-refractivity contribution is -0.163. The summed E-state index contributed by atoms with van der Waals surface area (Å²) in [6.45, 7) is 9.95. The molecule has 0 spiro atoms. The molecule has 2 aliphatic heterocycles. The van der Waals surface area contributed by atoms with Gasteiger partial charge in [0.15, 0.2) is 11.9 Å². The first kappa shape index (κ1) is 37.5. The fraction of sp³-hybridized carbons (Fsp3) is 0.550. The molecule has 54 heavy (non-hydrogen) atoms. The number of urea groups is 1. The van der Waals surface area contributed by atoms with E-state index in [0.717, 1.165) is 86.7 Å². The first-order chi connectivity index (χ1) is 26.2.